The molecule has 8 nitrogen and oxygen atoms in total. The third kappa shape index (κ3) is 7.51. The van der Waals surface area contributed by atoms with Crippen LogP contribution in [0, 0.1) is 0 Å². The van der Waals surface area contributed by atoms with Crippen molar-refractivity contribution in [1.29, 1.82) is 0 Å². The molecule has 0 aliphatic rings. The number of hydrogen-bond donors (Lipinski definition) is 4. The Balaban J connectivity index is 0.000000165. The van der Waals surface area contributed by atoms with Crippen LogP contribution in [0.15, 0.2) is 97.1 Å². The molecule has 0 bridgehead atoms. The van der Waals surface area contributed by atoms with Gasteiger partial charge in [-0.15, -0.1) is 0 Å². The van der Waals surface area contributed by atoms with E-state index in [0.29, 0.717) is 40.9 Å². The van der Waals surface area contributed by atoms with Gasteiger partial charge in [0.05, 0.1) is 17.5 Å². The molecular weight excluding hydrogens is 559 g/mol. The number of aryl methyl sites for hydroxylation is 1. The van der Waals surface area contributed by atoms with Crippen LogP contribution in [0.3, 0.4) is 0 Å². The summed E-state index contributed by atoms with van der Waals surface area (Å²) in [5.41, 5.74) is 3.72. The van der Waals surface area contributed by atoms with E-state index >= 15 is 0 Å². The van der Waals surface area contributed by atoms with Gasteiger partial charge in [-0.2, -0.15) is 10.2 Å². The normalized spacial score (nSPS) is 10.7. The minimum absolute atomic E-state index is 0.0535. The largest absolute Gasteiger partial charge is 0.309 e. The van der Waals surface area contributed by atoms with Gasteiger partial charge in [-0.1, -0.05) is 83.9 Å². The average molecular weight is 585 g/mol. The number of benzene rings is 4. The first-order valence-electron chi connectivity index (χ1n) is 12.9. The molecule has 0 fully saturated rings. The number of H-pyrrole nitrogens is 2. The Kier molecular flexibility index (Phi) is 8.93. The number of anilines is 2. The zero-order valence-corrected chi connectivity index (χ0v) is 23.3. The highest BCUT2D eigenvalue weighted by atomic mass is 35.5. The summed E-state index contributed by atoms with van der Waals surface area (Å²) in [5, 5.41) is 22.5. The number of carbonyl (C=O) groups is 2. The van der Waals surface area contributed by atoms with Crippen LogP contribution in [0.2, 0.25) is 10.0 Å². The van der Waals surface area contributed by atoms with Gasteiger partial charge in [0.2, 0.25) is 11.8 Å². The summed E-state index contributed by atoms with van der Waals surface area (Å²) >= 11 is 11.8. The smallest absolute Gasteiger partial charge is 0.230 e. The number of rotatable bonds is 7. The van der Waals surface area contributed by atoms with Crippen molar-refractivity contribution >= 4 is 68.5 Å². The van der Waals surface area contributed by atoms with Gasteiger partial charge in [-0.05, 0) is 53.9 Å². The molecule has 0 spiro atoms. The van der Waals surface area contributed by atoms with Crippen molar-refractivity contribution in [1.82, 2.24) is 20.4 Å². The maximum atomic E-state index is 12.0. The van der Waals surface area contributed by atoms with E-state index in [0.717, 1.165) is 32.9 Å². The molecule has 2 aromatic heterocycles. The molecule has 41 heavy (non-hydrogen) atoms. The van der Waals surface area contributed by atoms with Crippen LogP contribution in [0.4, 0.5) is 11.6 Å². The molecule has 0 saturated heterocycles. The molecule has 10 heteroatoms. The van der Waals surface area contributed by atoms with Gasteiger partial charge in [0, 0.05) is 27.2 Å². The van der Waals surface area contributed by atoms with Crippen molar-refractivity contribution in [2.75, 3.05) is 10.6 Å². The van der Waals surface area contributed by atoms with Crippen LogP contribution >= 0.6 is 23.2 Å². The van der Waals surface area contributed by atoms with Crippen molar-refractivity contribution in [3.05, 3.63) is 118 Å². The quantitative estimate of drug-likeness (QED) is 0.159. The Labute approximate surface area is 246 Å². The number of carbonyl (C=O) groups excluding carboxylic acids is 2. The monoisotopic (exact) mass is 584 g/mol. The van der Waals surface area contributed by atoms with E-state index in [1.807, 2.05) is 72.8 Å². The van der Waals surface area contributed by atoms with Crippen molar-refractivity contribution in [2.45, 2.75) is 19.3 Å². The number of hydrogen-bond acceptors (Lipinski definition) is 4. The summed E-state index contributed by atoms with van der Waals surface area (Å²) in [7, 11) is 0. The lowest BCUT2D eigenvalue weighted by Gasteiger charge is -2.03. The Hall–Kier alpha value is -4.66. The first-order chi connectivity index (χ1) is 19.9. The predicted octanol–water partition coefficient (Wildman–Crippen LogP) is 7.19. The molecule has 0 atom stereocenters. The second-order valence-electron chi connectivity index (χ2n) is 9.27. The van der Waals surface area contributed by atoms with E-state index < -0.39 is 0 Å². The summed E-state index contributed by atoms with van der Waals surface area (Å²) in [6, 6.07) is 30.3. The Morgan fingerprint density at radius 3 is 1.66 bits per heavy atom. The summed E-state index contributed by atoms with van der Waals surface area (Å²) in [4.78, 5) is 24.0. The second-order valence-corrected chi connectivity index (χ2v) is 10.1. The maximum Gasteiger partial charge on any atom is 0.230 e. The van der Waals surface area contributed by atoms with Crippen LogP contribution in [-0.4, -0.2) is 32.2 Å². The first kappa shape index (κ1) is 27.9. The van der Waals surface area contributed by atoms with Gasteiger partial charge in [-0.3, -0.25) is 19.8 Å². The van der Waals surface area contributed by atoms with Crippen molar-refractivity contribution < 1.29 is 9.59 Å². The molecule has 6 rings (SSSR count). The van der Waals surface area contributed by atoms with Crippen LogP contribution in [0.5, 0.6) is 0 Å². The molecule has 6 aromatic rings. The minimum atomic E-state index is -0.0976. The van der Waals surface area contributed by atoms with E-state index in [9.17, 15) is 9.59 Å². The zero-order valence-electron chi connectivity index (χ0n) is 21.8. The standard InChI is InChI=1S/C16H14ClN3O.C15H12ClN3O/c17-12-7-8-13-14(10-12)19-20-16(13)18-15(21)9-6-11-4-2-1-3-5-11;16-11-6-7-12-13(9-11)18-19-15(12)17-14(20)8-10-4-2-1-3-5-10/h1-5,7-8,10H,6,9H2,(H2,18,19,20,21);1-7,9H,8H2,(H2,17,18,19,20). The van der Waals surface area contributed by atoms with Gasteiger partial charge >= 0.3 is 0 Å². The molecule has 206 valence electrons. The highest BCUT2D eigenvalue weighted by Gasteiger charge is 2.11. The summed E-state index contributed by atoms with van der Waals surface area (Å²) in [5.74, 6) is 0.916. The van der Waals surface area contributed by atoms with Gasteiger partial charge in [0.25, 0.3) is 0 Å². The lowest BCUT2D eigenvalue weighted by Crippen LogP contribution is -2.14. The number of aromatic nitrogens is 4. The van der Waals surface area contributed by atoms with Crippen molar-refractivity contribution in [2.24, 2.45) is 0 Å². The maximum absolute atomic E-state index is 12.0. The summed E-state index contributed by atoms with van der Waals surface area (Å²) < 4.78 is 0. The van der Waals surface area contributed by atoms with Gasteiger partial charge in [0.1, 0.15) is 0 Å². The fourth-order valence-electron chi connectivity index (χ4n) is 4.23. The van der Waals surface area contributed by atoms with E-state index in [1.54, 1.807) is 24.3 Å². The molecular formula is C31H26Cl2N6O2. The van der Waals surface area contributed by atoms with Crippen LogP contribution < -0.4 is 10.6 Å². The summed E-state index contributed by atoms with van der Waals surface area (Å²) in [6.45, 7) is 0. The highest BCUT2D eigenvalue weighted by Crippen LogP contribution is 2.24. The third-order valence-corrected chi connectivity index (χ3v) is 6.73. The van der Waals surface area contributed by atoms with E-state index in [4.69, 9.17) is 23.2 Å². The topological polar surface area (TPSA) is 116 Å². The Bertz CT molecular complexity index is 1780. The highest BCUT2D eigenvalue weighted by molar-refractivity contribution is 6.31. The molecule has 0 aliphatic heterocycles. The lowest BCUT2D eigenvalue weighted by molar-refractivity contribution is -0.116. The Morgan fingerprint density at radius 1 is 0.634 bits per heavy atom. The Morgan fingerprint density at radius 2 is 1.12 bits per heavy atom. The molecule has 2 amide bonds. The third-order valence-electron chi connectivity index (χ3n) is 6.26. The van der Waals surface area contributed by atoms with E-state index in [1.165, 1.54) is 0 Å². The first-order valence-corrected chi connectivity index (χ1v) is 13.6. The van der Waals surface area contributed by atoms with Gasteiger partial charge < -0.3 is 10.6 Å². The number of halogens is 2. The molecule has 2 heterocycles. The molecule has 0 aliphatic carbocycles. The van der Waals surface area contributed by atoms with Crippen LogP contribution in [0.1, 0.15) is 17.5 Å². The fourth-order valence-corrected chi connectivity index (χ4v) is 4.57. The van der Waals surface area contributed by atoms with Crippen molar-refractivity contribution in [3.8, 4) is 0 Å². The number of nitrogens with zero attached hydrogens (tertiary/aromatic N) is 2. The lowest BCUT2D eigenvalue weighted by atomic mass is 10.1. The molecule has 0 radical (unpaired) electrons. The minimum Gasteiger partial charge on any atom is -0.309 e. The molecule has 0 unspecified atom stereocenters. The van der Waals surface area contributed by atoms with Crippen molar-refractivity contribution in [3.63, 3.8) is 0 Å². The number of aromatic amines is 2. The SMILES string of the molecule is O=C(CCc1ccccc1)Nc1n[nH]c2cc(Cl)ccc12.O=C(Cc1ccccc1)Nc1n[nH]c2cc(Cl)ccc12. The second kappa shape index (κ2) is 13.1. The average Bonchev–Trinajstić information content (AvgIpc) is 3.56. The van der Waals surface area contributed by atoms with Gasteiger partial charge in [0.15, 0.2) is 11.6 Å². The molecule has 4 aromatic carbocycles. The number of amides is 2. The fraction of sp³-hybridized carbons (Fsp3) is 0.0968. The molecule has 4 N–H and O–H groups in total. The van der Waals surface area contributed by atoms with Gasteiger partial charge in [-0.25, -0.2) is 0 Å². The predicted molar refractivity (Wildman–Crippen MR) is 164 cm³/mol. The zero-order chi connectivity index (χ0) is 28.6. The van der Waals surface area contributed by atoms with E-state index in [-0.39, 0.29) is 11.8 Å². The van der Waals surface area contributed by atoms with Crippen LogP contribution in [-0.2, 0) is 22.4 Å². The molecule has 0 saturated carbocycles. The number of nitrogens with one attached hydrogen (secondary N) is 4. The summed E-state index contributed by atoms with van der Waals surface area (Å²) in [6.07, 6.45) is 1.45. The van der Waals surface area contributed by atoms with Crippen LogP contribution in [0.25, 0.3) is 21.8 Å². The number of fused-ring (bicyclic) bond motifs is 2. The van der Waals surface area contributed by atoms with E-state index in [2.05, 4.69) is 31.0 Å².